The molecule has 1 fully saturated rings. The van der Waals surface area contributed by atoms with E-state index in [1.807, 2.05) is 27.7 Å². The fourth-order valence-corrected chi connectivity index (χ4v) is 2.40. The fraction of sp³-hybridized carbons (Fsp3) is 0.467. The van der Waals surface area contributed by atoms with Crippen LogP contribution in [0.4, 0.5) is 0 Å². The molecule has 1 aliphatic heterocycles. The standard InChI is InChI=1S/C15H19BN2O4/c1-14(2)15(3,4)22-16(21-14)11-9-17-18-7-6-10(8-12(11)18)13(19)20-5/h6-9H,1-5H3. The number of ether oxygens (including phenoxy) is 1. The summed E-state index contributed by atoms with van der Waals surface area (Å²) in [7, 11) is 0.841. The van der Waals surface area contributed by atoms with Crippen LogP contribution >= 0.6 is 0 Å². The molecule has 2 aromatic rings. The highest BCUT2D eigenvalue weighted by molar-refractivity contribution is 6.64. The molecule has 0 amide bonds. The first-order valence-corrected chi connectivity index (χ1v) is 7.16. The van der Waals surface area contributed by atoms with E-state index in [1.165, 1.54) is 7.11 Å². The molecular weight excluding hydrogens is 283 g/mol. The molecule has 0 aromatic carbocycles. The quantitative estimate of drug-likeness (QED) is 0.620. The van der Waals surface area contributed by atoms with Crippen LogP contribution < -0.4 is 5.46 Å². The van der Waals surface area contributed by atoms with Crippen LogP contribution in [-0.2, 0) is 14.0 Å². The number of fused-ring (bicyclic) bond motifs is 1. The predicted molar refractivity (Wildman–Crippen MR) is 82.2 cm³/mol. The van der Waals surface area contributed by atoms with Gasteiger partial charge in [-0.05, 0) is 39.8 Å². The molecule has 0 unspecified atom stereocenters. The summed E-state index contributed by atoms with van der Waals surface area (Å²) in [5.74, 6) is -0.386. The number of carbonyl (C=O) groups is 1. The Balaban J connectivity index is 2.03. The number of aromatic nitrogens is 2. The Morgan fingerprint density at radius 1 is 1.27 bits per heavy atom. The zero-order valence-corrected chi connectivity index (χ0v) is 13.4. The van der Waals surface area contributed by atoms with Crippen LogP contribution in [0.1, 0.15) is 38.1 Å². The lowest BCUT2D eigenvalue weighted by Crippen LogP contribution is -2.41. The van der Waals surface area contributed by atoms with Gasteiger partial charge in [-0.3, -0.25) is 0 Å². The second-order valence-electron chi connectivity index (χ2n) is 6.42. The number of hydrogen-bond donors (Lipinski definition) is 0. The van der Waals surface area contributed by atoms with Gasteiger partial charge in [0, 0.05) is 17.9 Å². The van der Waals surface area contributed by atoms with Gasteiger partial charge in [-0.1, -0.05) is 0 Å². The molecule has 22 heavy (non-hydrogen) atoms. The smallest absolute Gasteiger partial charge is 0.465 e. The van der Waals surface area contributed by atoms with Gasteiger partial charge in [-0.15, -0.1) is 0 Å². The summed E-state index contributed by atoms with van der Waals surface area (Å²) < 4.78 is 18.6. The zero-order valence-electron chi connectivity index (χ0n) is 13.4. The molecule has 0 saturated carbocycles. The van der Waals surface area contributed by atoms with Crippen LogP contribution in [0.2, 0.25) is 0 Å². The number of carbonyl (C=O) groups excluding carboxylic acids is 1. The molecule has 6 nitrogen and oxygen atoms in total. The van der Waals surface area contributed by atoms with Crippen molar-refractivity contribution in [3.05, 3.63) is 30.1 Å². The lowest BCUT2D eigenvalue weighted by molar-refractivity contribution is 0.00578. The van der Waals surface area contributed by atoms with E-state index in [2.05, 4.69) is 5.10 Å². The van der Waals surface area contributed by atoms with Crippen LogP contribution in [0, 0.1) is 0 Å². The van der Waals surface area contributed by atoms with Crippen molar-refractivity contribution in [2.24, 2.45) is 0 Å². The SMILES string of the molecule is COC(=O)c1ccn2ncc(B3OC(C)(C)C(C)(C)O3)c2c1. The summed E-state index contributed by atoms with van der Waals surface area (Å²) in [6.45, 7) is 7.99. The van der Waals surface area contributed by atoms with E-state index < -0.39 is 18.3 Å². The van der Waals surface area contributed by atoms with Gasteiger partial charge in [0.15, 0.2) is 0 Å². The van der Waals surface area contributed by atoms with E-state index in [9.17, 15) is 4.79 Å². The largest absolute Gasteiger partial charge is 0.498 e. The van der Waals surface area contributed by atoms with E-state index >= 15 is 0 Å². The van der Waals surface area contributed by atoms with Crippen LogP contribution in [0.5, 0.6) is 0 Å². The second kappa shape index (κ2) is 4.82. The van der Waals surface area contributed by atoms with E-state index in [0.717, 1.165) is 11.0 Å². The Morgan fingerprint density at radius 3 is 2.50 bits per heavy atom. The van der Waals surface area contributed by atoms with Crippen molar-refractivity contribution in [3.8, 4) is 0 Å². The van der Waals surface area contributed by atoms with Crippen molar-refractivity contribution in [2.75, 3.05) is 7.11 Å². The molecule has 0 bridgehead atoms. The first-order chi connectivity index (χ1) is 10.2. The van der Waals surface area contributed by atoms with Crippen molar-refractivity contribution in [1.29, 1.82) is 0 Å². The number of esters is 1. The monoisotopic (exact) mass is 302 g/mol. The van der Waals surface area contributed by atoms with Crippen LogP contribution in [-0.4, -0.2) is 41.0 Å². The van der Waals surface area contributed by atoms with Gasteiger partial charge < -0.3 is 14.0 Å². The minimum atomic E-state index is -0.518. The summed E-state index contributed by atoms with van der Waals surface area (Å²) in [5.41, 5.74) is 1.18. The van der Waals surface area contributed by atoms with Crippen LogP contribution in [0.15, 0.2) is 24.5 Å². The molecule has 1 aliphatic rings. The molecule has 0 N–H and O–H groups in total. The van der Waals surface area contributed by atoms with Gasteiger partial charge in [-0.25, -0.2) is 9.31 Å². The van der Waals surface area contributed by atoms with Crippen LogP contribution in [0.25, 0.3) is 5.52 Å². The van der Waals surface area contributed by atoms with E-state index in [0.29, 0.717) is 5.56 Å². The maximum Gasteiger partial charge on any atom is 0.498 e. The van der Waals surface area contributed by atoms with E-state index in [-0.39, 0.29) is 5.97 Å². The highest BCUT2D eigenvalue weighted by Crippen LogP contribution is 2.36. The fourth-order valence-electron chi connectivity index (χ4n) is 2.40. The number of nitrogens with zero attached hydrogens (tertiary/aromatic N) is 2. The maximum absolute atomic E-state index is 11.7. The van der Waals surface area contributed by atoms with E-state index in [1.54, 1.807) is 29.0 Å². The molecule has 3 rings (SSSR count). The maximum atomic E-state index is 11.7. The molecule has 3 heterocycles. The van der Waals surface area contributed by atoms with Gasteiger partial charge in [-0.2, -0.15) is 5.10 Å². The number of hydrogen-bond acceptors (Lipinski definition) is 5. The predicted octanol–water partition coefficient (Wildman–Crippen LogP) is 1.42. The van der Waals surface area contributed by atoms with Crippen molar-refractivity contribution >= 4 is 24.1 Å². The van der Waals surface area contributed by atoms with Gasteiger partial charge in [0.05, 0.1) is 29.4 Å². The molecule has 116 valence electrons. The van der Waals surface area contributed by atoms with Gasteiger partial charge in [0.2, 0.25) is 0 Å². The van der Waals surface area contributed by atoms with Crippen LogP contribution in [0.3, 0.4) is 0 Å². The lowest BCUT2D eigenvalue weighted by Gasteiger charge is -2.32. The number of pyridine rings is 1. The number of rotatable bonds is 2. The Hall–Kier alpha value is -1.86. The molecule has 1 saturated heterocycles. The van der Waals surface area contributed by atoms with Gasteiger partial charge in [0.25, 0.3) is 0 Å². The van der Waals surface area contributed by atoms with Gasteiger partial charge >= 0.3 is 13.1 Å². The minimum absolute atomic E-state index is 0.386. The van der Waals surface area contributed by atoms with Crippen molar-refractivity contribution in [1.82, 2.24) is 9.61 Å². The molecule has 7 heteroatoms. The average Bonchev–Trinajstić information content (AvgIpc) is 2.96. The summed E-state index contributed by atoms with van der Waals surface area (Å²) in [6.07, 6.45) is 3.43. The molecule has 0 spiro atoms. The van der Waals surface area contributed by atoms with Gasteiger partial charge in [0.1, 0.15) is 0 Å². The summed E-state index contributed by atoms with van der Waals surface area (Å²) in [6, 6.07) is 3.40. The summed E-state index contributed by atoms with van der Waals surface area (Å²) in [5, 5.41) is 4.29. The Morgan fingerprint density at radius 2 is 1.91 bits per heavy atom. The van der Waals surface area contributed by atoms with E-state index in [4.69, 9.17) is 14.0 Å². The average molecular weight is 302 g/mol. The highest BCUT2D eigenvalue weighted by Gasteiger charge is 2.52. The van der Waals surface area contributed by atoms with Crippen molar-refractivity contribution in [2.45, 2.75) is 38.9 Å². The third-order valence-electron chi connectivity index (χ3n) is 4.48. The Labute approximate surface area is 129 Å². The summed E-state index contributed by atoms with van der Waals surface area (Å²) in [4.78, 5) is 11.7. The summed E-state index contributed by atoms with van der Waals surface area (Å²) >= 11 is 0. The molecule has 2 aromatic heterocycles. The molecule has 0 atom stereocenters. The topological polar surface area (TPSA) is 62.1 Å². The molecule has 0 radical (unpaired) electrons. The number of methoxy groups -OCH3 is 1. The minimum Gasteiger partial charge on any atom is -0.465 e. The third-order valence-corrected chi connectivity index (χ3v) is 4.48. The van der Waals surface area contributed by atoms with Crippen molar-refractivity contribution in [3.63, 3.8) is 0 Å². The Kier molecular flexibility index (Phi) is 3.30. The first kappa shape index (κ1) is 15.1. The second-order valence-corrected chi connectivity index (χ2v) is 6.42. The zero-order chi connectivity index (χ0) is 16.1. The Bertz CT molecular complexity index is 722. The third kappa shape index (κ3) is 2.21. The normalized spacial score (nSPS) is 19.6. The lowest BCUT2D eigenvalue weighted by atomic mass is 9.80. The first-order valence-electron chi connectivity index (χ1n) is 7.16. The molecular formula is C15H19BN2O4. The highest BCUT2D eigenvalue weighted by atomic mass is 16.7. The van der Waals surface area contributed by atoms with Crippen molar-refractivity contribution < 1.29 is 18.8 Å². The molecule has 0 aliphatic carbocycles.